The van der Waals surface area contributed by atoms with Crippen LogP contribution >= 0.6 is 0 Å². The van der Waals surface area contributed by atoms with Crippen LogP contribution in [-0.4, -0.2) is 56.6 Å². The second-order valence-corrected chi connectivity index (χ2v) is 1.26. The molecule has 5 N–H and O–H groups in total. The summed E-state index contributed by atoms with van der Waals surface area (Å²) in [5.74, 6) is 0. The van der Waals surface area contributed by atoms with E-state index >= 15 is 0 Å². The Kier molecular flexibility index (Phi) is 37.8. The van der Waals surface area contributed by atoms with Crippen molar-refractivity contribution in [1.29, 1.82) is 0 Å². The van der Waals surface area contributed by atoms with Gasteiger partial charge in [-0.3, -0.25) is 0 Å². The van der Waals surface area contributed by atoms with Crippen molar-refractivity contribution >= 4 is 31.1 Å². The van der Waals surface area contributed by atoms with Gasteiger partial charge in [0.25, 0.3) is 0 Å². The van der Waals surface area contributed by atoms with Gasteiger partial charge in [-0.2, -0.15) is 0 Å². The van der Waals surface area contributed by atoms with Crippen molar-refractivity contribution in [2.45, 2.75) is 0 Å². The molecule has 0 aromatic heterocycles. The van der Waals surface area contributed by atoms with Gasteiger partial charge in [0, 0.05) is 0 Å². The Balaban J connectivity index is -0.0000000469. The van der Waals surface area contributed by atoms with Crippen molar-refractivity contribution in [3.8, 4) is 0 Å². The molecule has 0 spiro atoms. The number of hydrogen-bond donors (Lipinski definition) is 5. The number of halogens is 5. The highest BCUT2D eigenvalue weighted by atomic mass is 19.2. The molecule has 120 valence electrons. The fourth-order valence-corrected chi connectivity index (χ4v) is 0. The molecular weight excluding hydrogens is 315 g/mol. The van der Waals surface area contributed by atoms with Gasteiger partial charge in [0.1, 0.15) is 0 Å². The molecule has 0 unspecified atom stereocenters. The van der Waals surface area contributed by atoms with Crippen molar-refractivity contribution in [3.63, 3.8) is 0 Å². The van der Waals surface area contributed by atoms with Gasteiger partial charge in [-0.15, -0.1) is 22.0 Å². The van der Waals surface area contributed by atoms with Crippen molar-refractivity contribution < 1.29 is 71.5 Å². The second-order valence-electron chi connectivity index (χ2n) is 1.26. The van der Waals surface area contributed by atoms with Gasteiger partial charge in [0.2, 0.25) is 0 Å². The first kappa shape index (κ1) is 30.2. The zero-order valence-electron chi connectivity index (χ0n) is 8.67. The van der Waals surface area contributed by atoms with E-state index in [1.807, 2.05) is 0 Å². The first-order chi connectivity index (χ1) is 8.66. The lowest BCUT2D eigenvalue weighted by molar-refractivity contribution is 0.167. The smallest absolute Gasteiger partial charge is 0.456 e. The SMILES string of the molecule is O=C(O)F.O=C(O)F.O=C(O)F.O=C(O)F.O=C(O)F. The molecule has 0 aliphatic heterocycles. The van der Waals surface area contributed by atoms with Gasteiger partial charge in [0.15, 0.2) is 0 Å². The molecule has 0 radical (unpaired) electrons. The van der Waals surface area contributed by atoms with Crippen molar-refractivity contribution in [2.75, 3.05) is 0 Å². The number of carboxylic acid groups (broad SMARTS) is 5. The molecule has 0 saturated carbocycles. The minimum atomic E-state index is -2.33. The Hall–Kier alpha value is -3.00. The Labute approximate surface area is 104 Å². The third kappa shape index (κ3) is 327. The Morgan fingerprint density at radius 2 is 0.400 bits per heavy atom. The van der Waals surface area contributed by atoms with Crippen LogP contribution in [0.3, 0.4) is 0 Å². The van der Waals surface area contributed by atoms with Crippen LogP contribution in [0.2, 0.25) is 0 Å². The lowest BCUT2D eigenvalue weighted by Crippen LogP contribution is -1.69. The lowest BCUT2D eigenvalue weighted by atomic mass is 11.5. The highest BCUT2D eigenvalue weighted by molar-refractivity contribution is 5.55. The molecule has 20 heavy (non-hydrogen) atoms. The van der Waals surface area contributed by atoms with E-state index in [2.05, 4.69) is 0 Å². The van der Waals surface area contributed by atoms with Gasteiger partial charge in [-0.1, -0.05) is 0 Å². The Morgan fingerprint density at radius 3 is 0.400 bits per heavy atom. The molecule has 0 amide bonds. The molecule has 0 aromatic rings. The van der Waals surface area contributed by atoms with Crippen LogP contribution < -0.4 is 0 Å². The van der Waals surface area contributed by atoms with Crippen molar-refractivity contribution in [1.82, 2.24) is 0 Å². The summed E-state index contributed by atoms with van der Waals surface area (Å²) in [6.45, 7) is 0. The summed E-state index contributed by atoms with van der Waals surface area (Å²) in [5.41, 5.74) is 0. The third-order valence-electron chi connectivity index (χ3n) is 0. The van der Waals surface area contributed by atoms with E-state index in [4.69, 9.17) is 49.5 Å². The molecule has 0 bridgehead atoms. The number of rotatable bonds is 0. The topological polar surface area (TPSA) is 186 Å². The van der Waals surface area contributed by atoms with Crippen LogP contribution in [0.15, 0.2) is 0 Å². The first-order valence-electron chi connectivity index (χ1n) is 3.08. The second kappa shape index (κ2) is 25.0. The largest absolute Gasteiger partial charge is 0.492 e. The molecule has 10 nitrogen and oxygen atoms in total. The Bertz CT molecular complexity index is 215. The van der Waals surface area contributed by atoms with Crippen LogP contribution in [0.5, 0.6) is 0 Å². The summed E-state index contributed by atoms with van der Waals surface area (Å²) in [7, 11) is 0. The van der Waals surface area contributed by atoms with Crippen LogP contribution in [0, 0.1) is 0 Å². The average Bonchev–Trinajstić information content (AvgIpc) is 1.94. The standard InChI is InChI=1S/5CHFO2/c5*2-1(3)4/h5*(H,3,4). The normalized spacial score (nSPS) is 6.25. The van der Waals surface area contributed by atoms with Gasteiger partial charge < -0.3 is 25.5 Å². The molecule has 0 fully saturated rings. The van der Waals surface area contributed by atoms with Crippen molar-refractivity contribution in [3.05, 3.63) is 0 Å². The molecular formula is C5H5F5O10. The summed E-state index contributed by atoms with van der Waals surface area (Å²) in [5, 5.41) is 33.8. The zero-order valence-corrected chi connectivity index (χ0v) is 8.67. The van der Waals surface area contributed by atoms with Gasteiger partial charge in [-0.05, 0) is 0 Å². The molecule has 0 saturated heterocycles. The minimum Gasteiger partial charge on any atom is -0.456 e. The average molecular weight is 320 g/mol. The summed E-state index contributed by atoms with van der Waals surface area (Å²) in [4.78, 5) is 41.7. The van der Waals surface area contributed by atoms with E-state index in [-0.39, 0.29) is 0 Å². The molecule has 0 rings (SSSR count). The Morgan fingerprint density at radius 1 is 0.400 bits per heavy atom. The zero-order chi connectivity index (χ0) is 17.9. The maximum atomic E-state index is 9.92. The first-order valence-corrected chi connectivity index (χ1v) is 3.08. The van der Waals surface area contributed by atoms with E-state index in [1.54, 1.807) is 0 Å². The molecule has 0 aromatic carbocycles. The quantitative estimate of drug-likeness (QED) is 0.327. The molecule has 0 heterocycles. The van der Waals surface area contributed by atoms with E-state index in [0.29, 0.717) is 0 Å². The molecule has 15 heteroatoms. The third-order valence-corrected chi connectivity index (χ3v) is 0. The van der Waals surface area contributed by atoms with E-state index in [0.717, 1.165) is 0 Å². The fraction of sp³-hybridized carbons (Fsp3) is 0. The van der Waals surface area contributed by atoms with E-state index < -0.39 is 31.1 Å². The predicted octanol–water partition coefficient (Wildman–Crippen LogP) is 3.17. The summed E-state index contributed by atoms with van der Waals surface area (Å²) >= 11 is 0. The number of carbonyl (C=O) groups is 5. The maximum Gasteiger partial charge on any atom is 0.492 e. The van der Waals surface area contributed by atoms with Crippen LogP contribution in [-0.2, 0) is 0 Å². The summed E-state index contributed by atoms with van der Waals surface area (Å²) in [6.07, 6.45) is -11.7. The van der Waals surface area contributed by atoms with Crippen LogP contribution in [0.25, 0.3) is 0 Å². The van der Waals surface area contributed by atoms with E-state index in [1.165, 1.54) is 0 Å². The van der Waals surface area contributed by atoms with Gasteiger partial charge in [-0.25, -0.2) is 24.0 Å². The fourth-order valence-electron chi connectivity index (χ4n) is 0. The highest BCUT2D eigenvalue weighted by Crippen LogP contribution is 1.59. The highest BCUT2D eigenvalue weighted by Gasteiger charge is 1.75. The van der Waals surface area contributed by atoms with Gasteiger partial charge >= 0.3 is 31.1 Å². The minimum absolute atomic E-state index is 2.33. The monoisotopic (exact) mass is 320 g/mol. The molecule has 0 atom stereocenters. The van der Waals surface area contributed by atoms with Crippen LogP contribution in [0.1, 0.15) is 0 Å². The lowest BCUT2D eigenvalue weighted by Gasteiger charge is -1.53. The van der Waals surface area contributed by atoms with Crippen LogP contribution in [0.4, 0.5) is 45.9 Å². The van der Waals surface area contributed by atoms with Gasteiger partial charge in [0.05, 0.1) is 0 Å². The summed E-state index contributed by atoms with van der Waals surface area (Å²) in [6, 6.07) is 0. The number of hydrogen-bond acceptors (Lipinski definition) is 5. The summed E-state index contributed by atoms with van der Waals surface area (Å²) < 4.78 is 49.6. The predicted molar refractivity (Wildman–Crippen MR) is 45.7 cm³/mol. The van der Waals surface area contributed by atoms with E-state index in [9.17, 15) is 22.0 Å². The van der Waals surface area contributed by atoms with Crippen molar-refractivity contribution in [2.24, 2.45) is 0 Å². The molecule has 0 aliphatic rings. The maximum absolute atomic E-state index is 9.92. The molecule has 0 aliphatic carbocycles.